The minimum Gasteiger partial charge on any atom is -0.496 e. The average molecular weight is 1190 g/mol. The van der Waals surface area contributed by atoms with Crippen molar-refractivity contribution in [1.82, 2.24) is 18.7 Å². The van der Waals surface area contributed by atoms with Gasteiger partial charge in [0.15, 0.2) is 0 Å². The lowest BCUT2D eigenvalue weighted by molar-refractivity contribution is -0.138. The van der Waals surface area contributed by atoms with Gasteiger partial charge < -0.3 is 53.1 Å². The zero-order chi connectivity index (χ0) is 64.6. The van der Waals surface area contributed by atoms with E-state index in [1.807, 2.05) is 38.1 Å². The zero-order valence-corrected chi connectivity index (χ0v) is 51.8. The first-order valence-corrected chi connectivity index (χ1v) is 28.2. The fraction of sp³-hybridized carbons (Fsp3) is 0.329. The number of pyridine rings is 4. The molecule has 18 nitrogen and oxygen atoms in total. The molecule has 9 rings (SSSR count). The lowest BCUT2D eigenvalue weighted by Crippen LogP contribution is -2.23. The second-order valence-electron chi connectivity index (χ2n) is 23.2. The smallest absolute Gasteiger partial charge is 0.339 e. The van der Waals surface area contributed by atoms with E-state index in [-0.39, 0.29) is 43.1 Å². The Balaban J connectivity index is 0.000000188. The molecule has 0 saturated carbocycles. The number of aromatic nitrogens is 4. The van der Waals surface area contributed by atoms with E-state index in [0.29, 0.717) is 97.4 Å². The molecule has 0 unspecified atom stereocenters. The van der Waals surface area contributed by atoms with Crippen LogP contribution in [0.3, 0.4) is 0 Å². The molecule has 0 bridgehead atoms. The number of aliphatic hydroxyl groups is 4. The molecule has 0 spiro atoms. The third kappa shape index (κ3) is 15.9. The van der Waals surface area contributed by atoms with E-state index in [1.54, 1.807) is 144 Å². The van der Waals surface area contributed by atoms with Crippen LogP contribution in [0.25, 0.3) is 16.7 Å². The number of para-hydroxylation sites is 1. The highest BCUT2D eigenvalue weighted by Crippen LogP contribution is 2.37. The topological polar surface area (TPSA) is 248 Å². The number of benzene rings is 2. The van der Waals surface area contributed by atoms with Crippen LogP contribution in [0.15, 0.2) is 123 Å². The number of aryl methyl sites for hydroxylation is 3. The van der Waals surface area contributed by atoms with Crippen LogP contribution in [-0.4, -0.2) is 80.9 Å². The number of carbonyl (C=O) groups is 3. The van der Waals surface area contributed by atoms with Crippen molar-refractivity contribution in [2.45, 2.75) is 125 Å². The molecule has 0 fully saturated rings. The van der Waals surface area contributed by atoms with Crippen molar-refractivity contribution in [2.24, 2.45) is 21.1 Å². The summed E-state index contributed by atoms with van der Waals surface area (Å²) in [7, 11) is 6.48. The third-order valence-corrected chi connectivity index (χ3v) is 14.2. The van der Waals surface area contributed by atoms with Gasteiger partial charge >= 0.3 is 17.9 Å². The molecule has 4 N–H and O–H groups in total. The Hall–Kier alpha value is -9.61. The van der Waals surface area contributed by atoms with E-state index in [4.69, 9.17) is 18.9 Å². The Bertz CT molecular complexity index is 4070. The van der Waals surface area contributed by atoms with Gasteiger partial charge in [0.05, 0.1) is 30.4 Å². The second kappa shape index (κ2) is 27.4. The summed E-state index contributed by atoms with van der Waals surface area (Å²) in [5.74, 6) is 16.1. The minimum atomic E-state index is -1.21. The molecule has 6 aromatic rings. The highest BCUT2D eigenvalue weighted by atomic mass is 16.5. The SMILES string of the molecule is CC1=C(C(=O)OCc2ccccc2CO)c2c(C#CC(C)(C)O)cn(C)c(=O)c2C1.CC1=C(C(=O)OCc2ccncc2)c2c(C#CC(C)(C)O)cn(C)c(=O)c2C1.COc1ccccc1COC(=O)C1=C(C)Cc2c1c(C#CC(C)(C)O)cn(C)c2=O. The van der Waals surface area contributed by atoms with Gasteiger partial charge in [0, 0.05) is 127 Å². The van der Waals surface area contributed by atoms with Crippen LogP contribution in [-0.2, 0) is 95.4 Å². The van der Waals surface area contributed by atoms with Gasteiger partial charge in [0.25, 0.3) is 16.7 Å². The van der Waals surface area contributed by atoms with Crippen molar-refractivity contribution < 1.29 is 53.8 Å². The van der Waals surface area contributed by atoms with E-state index in [0.717, 1.165) is 33.4 Å². The maximum Gasteiger partial charge on any atom is 0.339 e. The number of allylic oxidation sites excluding steroid dienone is 3. The van der Waals surface area contributed by atoms with Gasteiger partial charge in [0.1, 0.15) is 42.4 Å². The molecule has 4 aromatic heterocycles. The fourth-order valence-electron chi connectivity index (χ4n) is 10.0. The molecule has 0 saturated heterocycles. The summed E-state index contributed by atoms with van der Waals surface area (Å²) in [5.41, 5.74) is 6.72. The summed E-state index contributed by atoms with van der Waals surface area (Å²) in [4.78, 5) is 80.7. The Morgan fingerprint density at radius 1 is 0.511 bits per heavy atom. The Labute approximate surface area is 511 Å². The Morgan fingerprint density at radius 3 is 1.19 bits per heavy atom. The maximum absolute atomic E-state index is 13.0. The predicted molar refractivity (Wildman–Crippen MR) is 332 cm³/mol. The van der Waals surface area contributed by atoms with Gasteiger partial charge in [-0.15, -0.1) is 0 Å². The standard InChI is InChI=1S/2C24H25NO5.C22H22N2O4/c1-15-12-18-21(16(10-11-24(2,3)28)13-25(4)22(18)26)20(15)23(27)30-14-17-8-6-7-9-19(17)29-5;1-15-11-19-21(16(9-10-24(2,3)29)12-25(4)22(19)27)20(15)23(28)30-14-18-8-6-5-7-17(18)13-26;1-14-11-17-19(16(5-8-22(2,3)27)12-24(4)20(17)25)18(14)21(26)28-13-15-6-9-23-10-7-15/h6-9,13,28H,12,14H2,1-5H3;5-8,12,26,29H,11,13-14H2,1-4H3;6-7,9-10,12,27H,11,13H2,1-4H3. The van der Waals surface area contributed by atoms with Gasteiger partial charge in [-0.2, -0.15) is 0 Å². The number of ether oxygens (including phenoxy) is 4. The highest BCUT2D eigenvalue weighted by molar-refractivity contribution is 6.21. The molecule has 88 heavy (non-hydrogen) atoms. The molecule has 0 aliphatic heterocycles. The molecule has 2 aromatic carbocycles. The van der Waals surface area contributed by atoms with E-state index in [9.17, 15) is 49.2 Å². The zero-order valence-electron chi connectivity index (χ0n) is 51.8. The van der Waals surface area contributed by atoms with Crippen LogP contribution in [0.2, 0.25) is 0 Å². The number of fused-ring (bicyclic) bond motifs is 3. The summed E-state index contributed by atoms with van der Waals surface area (Å²) < 4.78 is 26.2. The van der Waals surface area contributed by atoms with Crippen LogP contribution in [0.4, 0.5) is 0 Å². The van der Waals surface area contributed by atoms with Gasteiger partial charge in [-0.05, 0) is 97.2 Å². The van der Waals surface area contributed by atoms with Gasteiger partial charge in [-0.3, -0.25) is 19.4 Å². The van der Waals surface area contributed by atoms with E-state index < -0.39 is 34.7 Å². The van der Waals surface area contributed by atoms with E-state index in [1.165, 1.54) is 13.7 Å². The maximum atomic E-state index is 13.0. The van der Waals surface area contributed by atoms with Crippen LogP contribution in [0.1, 0.15) is 135 Å². The molecule has 0 atom stereocenters. The molecule has 3 aliphatic carbocycles. The van der Waals surface area contributed by atoms with Crippen LogP contribution in [0, 0.1) is 35.5 Å². The number of esters is 3. The van der Waals surface area contributed by atoms with Crippen LogP contribution >= 0.6 is 0 Å². The summed E-state index contributed by atoms with van der Waals surface area (Å²) in [6.07, 6.45) is 9.10. The minimum absolute atomic E-state index is 0.0111. The Kier molecular flexibility index (Phi) is 20.5. The number of hydrogen-bond donors (Lipinski definition) is 4. The average Bonchev–Trinajstić information content (AvgIpc) is 1.69. The van der Waals surface area contributed by atoms with Crippen molar-refractivity contribution >= 4 is 34.6 Å². The van der Waals surface area contributed by atoms with E-state index in [2.05, 4.69) is 40.5 Å². The fourth-order valence-corrected chi connectivity index (χ4v) is 10.0. The number of methoxy groups -OCH3 is 1. The largest absolute Gasteiger partial charge is 0.496 e. The molecule has 18 heteroatoms. The summed E-state index contributed by atoms with van der Waals surface area (Å²) in [5, 5.41) is 39.4. The summed E-state index contributed by atoms with van der Waals surface area (Å²) in [6.45, 7) is 14.9. The van der Waals surface area contributed by atoms with E-state index >= 15 is 0 Å². The first-order chi connectivity index (χ1) is 41.4. The monoisotopic (exact) mass is 1190 g/mol. The first-order valence-electron chi connectivity index (χ1n) is 28.2. The molecule has 0 radical (unpaired) electrons. The van der Waals surface area contributed by atoms with Gasteiger partial charge in [-0.25, -0.2) is 14.4 Å². The summed E-state index contributed by atoms with van der Waals surface area (Å²) >= 11 is 0. The van der Waals surface area contributed by atoms with Crippen molar-refractivity contribution in [3.8, 4) is 41.3 Å². The lowest BCUT2D eigenvalue weighted by Gasteiger charge is -2.13. The van der Waals surface area contributed by atoms with Crippen LogP contribution < -0.4 is 21.4 Å². The molecule has 3 aliphatic rings. The normalized spacial score (nSPS) is 13.0. The van der Waals surface area contributed by atoms with Crippen molar-refractivity contribution in [3.05, 3.63) is 212 Å². The summed E-state index contributed by atoms with van der Waals surface area (Å²) in [6, 6.07) is 18.0. The van der Waals surface area contributed by atoms with Crippen molar-refractivity contribution in [2.75, 3.05) is 7.11 Å². The molecule has 456 valence electrons. The van der Waals surface area contributed by atoms with Gasteiger partial charge in [-0.1, -0.05) is 94.7 Å². The van der Waals surface area contributed by atoms with Crippen molar-refractivity contribution in [3.63, 3.8) is 0 Å². The number of carbonyl (C=O) groups excluding carboxylic acids is 3. The van der Waals surface area contributed by atoms with Crippen LogP contribution in [0.5, 0.6) is 5.75 Å². The number of hydrogen-bond acceptors (Lipinski definition) is 15. The number of rotatable bonds is 11. The number of nitrogens with zero attached hydrogens (tertiary/aromatic N) is 4. The molecule has 4 heterocycles. The van der Waals surface area contributed by atoms with Crippen molar-refractivity contribution in [1.29, 1.82) is 0 Å². The quantitative estimate of drug-likeness (QED) is 0.0603. The third-order valence-electron chi connectivity index (χ3n) is 14.2. The van der Waals surface area contributed by atoms with Gasteiger partial charge in [0.2, 0.25) is 0 Å². The Morgan fingerprint density at radius 2 is 0.841 bits per heavy atom. The predicted octanol–water partition coefficient (Wildman–Crippen LogP) is 6.64. The number of aliphatic hydroxyl groups excluding tert-OH is 1. The molecular weight excluding hydrogens is 1120 g/mol. The lowest BCUT2D eigenvalue weighted by atomic mass is 10.00. The molecular formula is C70H72N4O14. The second-order valence-corrected chi connectivity index (χ2v) is 23.2. The molecule has 0 amide bonds. The first kappa shape index (κ1) is 65.9. The highest BCUT2D eigenvalue weighted by Gasteiger charge is 2.34.